The lowest BCUT2D eigenvalue weighted by Crippen LogP contribution is -2.04. The fourth-order valence-corrected chi connectivity index (χ4v) is 1.75. The summed E-state index contributed by atoms with van der Waals surface area (Å²) in [6, 6.07) is 2.92. The van der Waals surface area contributed by atoms with Gasteiger partial charge in [0, 0.05) is 17.1 Å². The zero-order chi connectivity index (χ0) is 12.5. The number of pyridine rings is 2. The van der Waals surface area contributed by atoms with Crippen molar-refractivity contribution in [3.8, 4) is 0 Å². The van der Waals surface area contributed by atoms with Crippen LogP contribution in [0, 0.1) is 11.6 Å². The van der Waals surface area contributed by atoms with Crippen molar-refractivity contribution in [1.82, 2.24) is 19.7 Å². The van der Waals surface area contributed by atoms with Crippen molar-refractivity contribution < 1.29 is 8.78 Å². The van der Waals surface area contributed by atoms with Crippen LogP contribution >= 0.6 is 0 Å². The molecule has 3 aromatic rings. The van der Waals surface area contributed by atoms with E-state index in [1.54, 1.807) is 6.07 Å². The van der Waals surface area contributed by atoms with Crippen molar-refractivity contribution in [2.24, 2.45) is 0 Å². The Labute approximate surface area is 101 Å². The molecule has 0 unspecified atom stereocenters. The van der Waals surface area contributed by atoms with Gasteiger partial charge in [-0.2, -0.15) is 5.10 Å². The van der Waals surface area contributed by atoms with Gasteiger partial charge in [-0.05, 0) is 12.1 Å². The van der Waals surface area contributed by atoms with Gasteiger partial charge in [0.2, 0.25) is 0 Å². The summed E-state index contributed by atoms with van der Waals surface area (Å²) in [4.78, 5) is 7.63. The van der Waals surface area contributed by atoms with Crippen LogP contribution in [-0.4, -0.2) is 19.7 Å². The number of nitrogens with zero attached hydrogens (tertiary/aromatic N) is 4. The molecule has 0 atom stereocenters. The molecule has 0 aliphatic rings. The van der Waals surface area contributed by atoms with Crippen LogP contribution in [0.5, 0.6) is 0 Å². The molecule has 0 N–H and O–H groups in total. The summed E-state index contributed by atoms with van der Waals surface area (Å²) in [5.74, 6) is -0.819. The lowest BCUT2D eigenvalue weighted by Gasteiger charge is -2.03. The predicted molar refractivity (Wildman–Crippen MR) is 60.8 cm³/mol. The molecule has 0 saturated heterocycles. The van der Waals surface area contributed by atoms with E-state index in [9.17, 15) is 8.78 Å². The Morgan fingerprint density at radius 3 is 2.89 bits per heavy atom. The molecular weight excluding hydrogens is 238 g/mol. The van der Waals surface area contributed by atoms with Gasteiger partial charge in [0.25, 0.3) is 0 Å². The minimum absolute atomic E-state index is 0.233. The monoisotopic (exact) mass is 246 g/mol. The molecule has 0 aliphatic heterocycles. The summed E-state index contributed by atoms with van der Waals surface area (Å²) in [5, 5.41) is 4.66. The third kappa shape index (κ3) is 1.81. The third-order valence-electron chi connectivity index (χ3n) is 2.62. The van der Waals surface area contributed by atoms with Crippen LogP contribution in [0.4, 0.5) is 8.78 Å². The van der Waals surface area contributed by atoms with E-state index in [0.717, 1.165) is 12.4 Å². The van der Waals surface area contributed by atoms with Crippen LogP contribution in [0.2, 0.25) is 0 Å². The molecule has 0 saturated carbocycles. The van der Waals surface area contributed by atoms with Crippen LogP contribution in [0.15, 0.2) is 36.9 Å². The Kier molecular flexibility index (Phi) is 2.47. The van der Waals surface area contributed by atoms with Crippen molar-refractivity contribution in [2.75, 3.05) is 0 Å². The molecule has 0 aromatic carbocycles. The molecule has 0 radical (unpaired) electrons. The Morgan fingerprint density at radius 1 is 1.17 bits per heavy atom. The molecule has 90 valence electrons. The van der Waals surface area contributed by atoms with E-state index in [0.29, 0.717) is 16.6 Å². The second-order valence-corrected chi connectivity index (χ2v) is 3.84. The minimum atomic E-state index is -0.419. The van der Waals surface area contributed by atoms with Crippen LogP contribution in [-0.2, 0) is 6.54 Å². The Morgan fingerprint density at radius 2 is 2.06 bits per heavy atom. The Hall–Kier alpha value is -2.37. The fourth-order valence-electron chi connectivity index (χ4n) is 1.75. The second-order valence-electron chi connectivity index (χ2n) is 3.84. The van der Waals surface area contributed by atoms with Crippen molar-refractivity contribution in [3.05, 3.63) is 54.1 Å². The predicted octanol–water partition coefficient (Wildman–Crippen LogP) is 2.15. The first-order chi connectivity index (χ1) is 8.74. The van der Waals surface area contributed by atoms with Crippen molar-refractivity contribution in [2.45, 2.75) is 6.54 Å². The number of rotatable bonds is 2. The molecule has 3 rings (SSSR count). The van der Waals surface area contributed by atoms with E-state index in [1.807, 2.05) is 0 Å². The van der Waals surface area contributed by atoms with E-state index < -0.39 is 11.6 Å². The molecule has 0 spiro atoms. The molecule has 6 heteroatoms. The fraction of sp³-hybridized carbons (Fsp3) is 0.0833. The molecular formula is C12H8F2N4. The van der Waals surface area contributed by atoms with Gasteiger partial charge in [-0.1, -0.05) is 0 Å². The summed E-state index contributed by atoms with van der Waals surface area (Å²) in [6.07, 6.45) is 5.28. The molecule has 0 amide bonds. The SMILES string of the molecule is Fc1cnc2c(cnn2Cc2ccncc2F)c1. The summed E-state index contributed by atoms with van der Waals surface area (Å²) >= 11 is 0. The van der Waals surface area contributed by atoms with Crippen molar-refractivity contribution >= 4 is 11.0 Å². The standard InChI is InChI=1S/C12H8F2N4/c13-10-3-9-4-17-18(12(9)16-5-10)7-8-1-2-15-6-11(8)14/h1-6H,7H2. The number of aromatic nitrogens is 4. The third-order valence-corrected chi connectivity index (χ3v) is 2.62. The maximum absolute atomic E-state index is 13.5. The van der Waals surface area contributed by atoms with Crippen LogP contribution in [0.3, 0.4) is 0 Å². The Balaban J connectivity index is 2.03. The van der Waals surface area contributed by atoms with Gasteiger partial charge < -0.3 is 0 Å². The Bertz CT molecular complexity index is 708. The number of hydrogen-bond acceptors (Lipinski definition) is 3. The normalized spacial score (nSPS) is 11.0. The first-order valence-electron chi connectivity index (χ1n) is 5.29. The molecule has 0 aliphatic carbocycles. The largest absolute Gasteiger partial charge is 0.262 e. The summed E-state index contributed by atoms with van der Waals surface area (Å²) in [6.45, 7) is 0.233. The summed E-state index contributed by atoms with van der Waals surface area (Å²) < 4.78 is 28.0. The minimum Gasteiger partial charge on any atom is -0.262 e. The number of halogens is 2. The molecule has 0 bridgehead atoms. The first kappa shape index (κ1) is 10.8. The molecule has 18 heavy (non-hydrogen) atoms. The van der Waals surface area contributed by atoms with E-state index >= 15 is 0 Å². The maximum atomic E-state index is 13.5. The van der Waals surface area contributed by atoms with Crippen LogP contribution < -0.4 is 0 Å². The highest BCUT2D eigenvalue weighted by molar-refractivity contribution is 5.74. The van der Waals surface area contributed by atoms with Crippen LogP contribution in [0.1, 0.15) is 5.56 Å². The highest BCUT2D eigenvalue weighted by Crippen LogP contribution is 2.14. The average molecular weight is 246 g/mol. The van der Waals surface area contributed by atoms with E-state index in [2.05, 4.69) is 15.1 Å². The number of hydrogen-bond donors (Lipinski definition) is 0. The average Bonchev–Trinajstić information content (AvgIpc) is 2.74. The lowest BCUT2D eigenvalue weighted by molar-refractivity contribution is 0.583. The van der Waals surface area contributed by atoms with Crippen molar-refractivity contribution in [1.29, 1.82) is 0 Å². The van der Waals surface area contributed by atoms with Gasteiger partial charge in [0.05, 0.1) is 25.1 Å². The van der Waals surface area contributed by atoms with E-state index in [1.165, 1.54) is 23.1 Å². The molecule has 4 nitrogen and oxygen atoms in total. The van der Waals surface area contributed by atoms with Crippen molar-refractivity contribution in [3.63, 3.8) is 0 Å². The zero-order valence-corrected chi connectivity index (χ0v) is 9.22. The smallest absolute Gasteiger partial charge is 0.158 e. The van der Waals surface area contributed by atoms with E-state index in [4.69, 9.17) is 0 Å². The zero-order valence-electron chi connectivity index (χ0n) is 9.22. The topological polar surface area (TPSA) is 43.6 Å². The van der Waals surface area contributed by atoms with Gasteiger partial charge in [0.15, 0.2) is 5.65 Å². The van der Waals surface area contributed by atoms with E-state index in [-0.39, 0.29) is 6.54 Å². The summed E-state index contributed by atoms with van der Waals surface area (Å²) in [5.41, 5.74) is 0.980. The van der Waals surface area contributed by atoms with Gasteiger partial charge in [-0.25, -0.2) is 18.4 Å². The highest BCUT2D eigenvalue weighted by Gasteiger charge is 2.08. The molecule has 3 aromatic heterocycles. The van der Waals surface area contributed by atoms with Gasteiger partial charge in [-0.3, -0.25) is 4.98 Å². The molecule has 0 fully saturated rings. The highest BCUT2D eigenvalue weighted by atomic mass is 19.1. The summed E-state index contributed by atoms with van der Waals surface area (Å²) in [7, 11) is 0. The number of fused-ring (bicyclic) bond motifs is 1. The van der Waals surface area contributed by atoms with Gasteiger partial charge in [0.1, 0.15) is 11.6 Å². The van der Waals surface area contributed by atoms with Gasteiger partial charge in [-0.15, -0.1) is 0 Å². The van der Waals surface area contributed by atoms with Gasteiger partial charge >= 0.3 is 0 Å². The maximum Gasteiger partial charge on any atom is 0.158 e. The lowest BCUT2D eigenvalue weighted by atomic mass is 10.2. The van der Waals surface area contributed by atoms with Crippen LogP contribution in [0.25, 0.3) is 11.0 Å². The first-order valence-corrected chi connectivity index (χ1v) is 5.29. The quantitative estimate of drug-likeness (QED) is 0.696. The molecule has 3 heterocycles. The second kappa shape index (κ2) is 4.14.